The van der Waals surface area contributed by atoms with Crippen molar-refractivity contribution in [2.45, 2.75) is 51.2 Å². The van der Waals surface area contributed by atoms with Crippen molar-refractivity contribution in [1.29, 1.82) is 0 Å². The zero-order valence-electron chi connectivity index (χ0n) is 10.3. The fourth-order valence-corrected chi connectivity index (χ4v) is 3.30. The molecular formula is C12H19ClN2OS. The third kappa shape index (κ3) is 3.12. The lowest BCUT2D eigenvalue weighted by Crippen LogP contribution is -2.43. The van der Waals surface area contributed by atoms with Crippen LogP contribution in [0.5, 0.6) is 0 Å². The summed E-state index contributed by atoms with van der Waals surface area (Å²) in [5.74, 6) is 0. The average Bonchev–Trinajstić information content (AvgIpc) is 2.75. The highest BCUT2D eigenvalue weighted by Gasteiger charge is 2.34. The smallest absolute Gasteiger partial charge is 0.184 e. The van der Waals surface area contributed by atoms with E-state index in [2.05, 4.69) is 24.1 Å². The highest BCUT2D eigenvalue weighted by Crippen LogP contribution is 2.33. The van der Waals surface area contributed by atoms with Crippen molar-refractivity contribution < 1.29 is 4.74 Å². The van der Waals surface area contributed by atoms with E-state index in [0.29, 0.717) is 11.2 Å². The van der Waals surface area contributed by atoms with Crippen LogP contribution in [0.3, 0.4) is 0 Å². The third-order valence-corrected chi connectivity index (χ3v) is 4.68. The van der Waals surface area contributed by atoms with Gasteiger partial charge < -0.3 is 10.1 Å². The number of thiazole rings is 1. The van der Waals surface area contributed by atoms with Crippen LogP contribution in [0.2, 0.25) is 5.15 Å². The number of rotatable bonds is 4. The van der Waals surface area contributed by atoms with E-state index in [4.69, 9.17) is 16.3 Å². The third-order valence-electron chi connectivity index (χ3n) is 3.59. The van der Waals surface area contributed by atoms with Gasteiger partial charge >= 0.3 is 0 Å². The standard InChI is InChI=1S/C12H19ClN2OS/c1-3-12(4-2)7-9(5-6-16-12)14-11-15-10(13)8-17-11/h8-9H,3-7H2,1-2H3,(H,14,15). The van der Waals surface area contributed by atoms with E-state index < -0.39 is 0 Å². The minimum Gasteiger partial charge on any atom is -0.375 e. The second-order valence-electron chi connectivity index (χ2n) is 4.55. The molecule has 0 radical (unpaired) electrons. The molecule has 0 bridgehead atoms. The van der Waals surface area contributed by atoms with E-state index in [1.807, 2.05) is 5.38 Å². The van der Waals surface area contributed by atoms with Crippen LogP contribution < -0.4 is 5.32 Å². The summed E-state index contributed by atoms with van der Waals surface area (Å²) >= 11 is 7.39. The lowest BCUT2D eigenvalue weighted by Gasteiger charge is -2.40. The fourth-order valence-electron chi connectivity index (χ4n) is 2.39. The molecule has 2 heterocycles. The largest absolute Gasteiger partial charge is 0.375 e. The second kappa shape index (κ2) is 5.55. The van der Waals surface area contributed by atoms with Gasteiger partial charge in [-0.15, -0.1) is 11.3 Å². The Morgan fingerprint density at radius 1 is 1.59 bits per heavy atom. The van der Waals surface area contributed by atoms with Crippen LogP contribution >= 0.6 is 22.9 Å². The Hall–Kier alpha value is -0.320. The predicted octanol–water partition coefficient (Wildman–Crippen LogP) is 3.95. The minimum atomic E-state index is 0.0526. The lowest BCUT2D eigenvalue weighted by atomic mass is 9.86. The monoisotopic (exact) mass is 274 g/mol. The first-order valence-corrected chi connectivity index (χ1v) is 7.45. The molecule has 1 unspecified atom stereocenters. The molecular weight excluding hydrogens is 256 g/mol. The van der Waals surface area contributed by atoms with Gasteiger partial charge in [0.25, 0.3) is 0 Å². The molecule has 1 aromatic heterocycles. The minimum absolute atomic E-state index is 0.0526. The number of nitrogens with zero attached hydrogens (tertiary/aromatic N) is 1. The van der Waals surface area contributed by atoms with Gasteiger partial charge in [0.15, 0.2) is 5.13 Å². The van der Waals surface area contributed by atoms with Gasteiger partial charge in [-0.3, -0.25) is 0 Å². The number of nitrogens with one attached hydrogen (secondary N) is 1. The van der Waals surface area contributed by atoms with E-state index in [0.717, 1.165) is 37.4 Å². The molecule has 0 aliphatic carbocycles. The Balaban J connectivity index is 1.98. The van der Waals surface area contributed by atoms with Crippen LogP contribution in [0.4, 0.5) is 5.13 Å². The van der Waals surface area contributed by atoms with Crippen molar-refractivity contribution in [3.63, 3.8) is 0 Å². The number of aromatic nitrogens is 1. The van der Waals surface area contributed by atoms with Crippen molar-refractivity contribution >= 4 is 28.1 Å². The molecule has 0 aromatic carbocycles. The molecule has 2 rings (SSSR count). The molecule has 0 spiro atoms. The van der Waals surface area contributed by atoms with Crippen molar-refractivity contribution in [1.82, 2.24) is 4.98 Å². The zero-order valence-corrected chi connectivity index (χ0v) is 11.9. The number of ether oxygens (including phenoxy) is 1. The summed E-state index contributed by atoms with van der Waals surface area (Å²) in [4.78, 5) is 4.24. The van der Waals surface area contributed by atoms with E-state index >= 15 is 0 Å². The van der Waals surface area contributed by atoms with Gasteiger partial charge in [0, 0.05) is 18.0 Å². The molecule has 0 saturated carbocycles. The molecule has 1 aromatic rings. The van der Waals surface area contributed by atoms with E-state index in [1.165, 1.54) is 0 Å². The molecule has 1 aliphatic rings. The number of hydrogen-bond acceptors (Lipinski definition) is 4. The van der Waals surface area contributed by atoms with Crippen molar-refractivity contribution in [3.8, 4) is 0 Å². The summed E-state index contributed by atoms with van der Waals surface area (Å²) in [6, 6.07) is 0.450. The van der Waals surface area contributed by atoms with Gasteiger partial charge in [-0.1, -0.05) is 25.4 Å². The maximum atomic E-state index is 5.95. The van der Waals surface area contributed by atoms with Gasteiger partial charge in [0.1, 0.15) is 5.15 Å². The van der Waals surface area contributed by atoms with Crippen LogP contribution in [0.1, 0.15) is 39.5 Å². The van der Waals surface area contributed by atoms with Crippen molar-refractivity contribution in [2.75, 3.05) is 11.9 Å². The Kier molecular flexibility index (Phi) is 4.28. The van der Waals surface area contributed by atoms with E-state index in [1.54, 1.807) is 11.3 Å². The average molecular weight is 275 g/mol. The Morgan fingerprint density at radius 2 is 2.35 bits per heavy atom. The second-order valence-corrected chi connectivity index (χ2v) is 5.79. The molecule has 17 heavy (non-hydrogen) atoms. The lowest BCUT2D eigenvalue weighted by molar-refractivity contribution is -0.0864. The Bertz CT molecular complexity index is 365. The van der Waals surface area contributed by atoms with Crippen LogP contribution in [0.25, 0.3) is 0 Å². The molecule has 3 nitrogen and oxygen atoms in total. The number of anilines is 1. The van der Waals surface area contributed by atoms with Gasteiger partial charge in [-0.25, -0.2) is 4.98 Å². The predicted molar refractivity (Wildman–Crippen MR) is 73.0 cm³/mol. The highest BCUT2D eigenvalue weighted by molar-refractivity contribution is 7.14. The fraction of sp³-hybridized carbons (Fsp3) is 0.750. The van der Waals surface area contributed by atoms with Gasteiger partial charge in [-0.2, -0.15) is 0 Å². The van der Waals surface area contributed by atoms with Crippen LogP contribution in [-0.2, 0) is 4.74 Å². The molecule has 5 heteroatoms. The molecule has 1 saturated heterocycles. The summed E-state index contributed by atoms with van der Waals surface area (Å²) in [7, 11) is 0. The van der Waals surface area contributed by atoms with Crippen LogP contribution in [-0.4, -0.2) is 23.2 Å². The van der Waals surface area contributed by atoms with Gasteiger partial charge in [0.05, 0.1) is 5.60 Å². The van der Waals surface area contributed by atoms with E-state index in [9.17, 15) is 0 Å². The Morgan fingerprint density at radius 3 is 2.94 bits per heavy atom. The summed E-state index contributed by atoms with van der Waals surface area (Å²) < 4.78 is 5.95. The summed E-state index contributed by atoms with van der Waals surface area (Å²) in [5, 5.41) is 6.82. The number of halogens is 1. The SMILES string of the molecule is CCC1(CC)CC(Nc2nc(Cl)cs2)CCO1. The number of hydrogen-bond donors (Lipinski definition) is 1. The summed E-state index contributed by atoms with van der Waals surface area (Å²) in [6.07, 6.45) is 4.23. The summed E-state index contributed by atoms with van der Waals surface area (Å²) in [5.41, 5.74) is 0.0526. The molecule has 1 atom stereocenters. The first-order valence-electron chi connectivity index (χ1n) is 6.19. The van der Waals surface area contributed by atoms with Crippen molar-refractivity contribution in [2.24, 2.45) is 0 Å². The molecule has 96 valence electrons. The van der Waals surface area contributed by atoms with Crippen LogP contribution in [0.15, 0.2) is 5.38 Å². The van der Waals surface area contributed by atoms with Crippen molar-refractivity contribution in [3.05, 3.63) is 10.5 Å². The van der Waals surface area contributed by atoms with E-state index in [-0.39, 0.29) is 5.60 Å². The highest BCUT2D eigenvalue weighted by atomic mass is 35.5. The molecule has 1 aliphatic heterocycles. The first kappa shape index (κ1) is 13.1. The zero-order chi connectivity index (χ0) is 12.3. The molecule has 0 amide bonds. The maximum absolute atomic E-state index is 5.95. The topological polar surface area (TPSA) is 34.2 Å². The molecule has 1 N–H and O–H groups in total. The molecule has 1 fully saturated rings. The Labute approximate surface area is 112 Å². The normalized spacial score (nSPS) is 23.6. The van der Waals surface area contributed by atoms with Gasteiger partial charge in [0.2, 0.25) is 0 Å². The quantitative estimate of drug-likeness (QED) is 0.903. The maximum Gasteiger partial charge on any atom is 0.184 e. The first-order chi connectivity index (χ1) is 8.17. The summed E-state index contributed by atoms with van der Waals surface area (Å²) in [6.45, 7) is 5.23. The van der Waals surface area contributed by atoms with Crippen LogP contribution in [0, 0.1) is 0 Å². The van der Waals surface area contributed by atoms with Gasteiger partial charge in [-0.05, 0) is 25.7 Å².